The van der Waals surface area contributed by atoms with Crippen LogP contribution in [0.25, 0.3) is 0 Å². The number of nitrogens with two attached hydrogens (primary N) is 1. The standard InChI is InChI=1S/C9H17NO/c1-2-8(10)5-6-9-4-3-7-11-9/h2,8-9H,1,3-7,10H2. The van der Waals surface area contributed by atoms with Gasteiger partial charge in [0.2, 0.25) is 0 Å². The number of ether oxygens (including phenoxy) is 1. The molecule has 64 valence electrons. The van der Waals surface area contributed by atoms with Crippen LogP contribution in [0.3, 0.4) is 0 Å². The van der Waals surface area contributed by atoms with Gasteiger partial charge in [-0.3, -0.25) is 0 Å². The van der Waals surface area contributed by atoms with Gasteiger partial charge in [0.05, 0.1) is 6.10 Å². The van der Waals surface area contributed by atoms with E-state index in [1.807, 2.05) is 0 Å². The van der Waals surface area contributed by atoms with Gasteiger partial charge >= 0.3 is 0 Å². The van der Waals surface area contributed by atoms with Gasteiger partial charge in [-0.1, -0.05) is 6.08 Å². The Morgan fingerprint density at radius 3 is 3.09 bits per heavy atom. The molecular formula is C9H17NO. The van der Waals surface area contributed by atoms with E-state index in [9.17, 15) is 0 Å². The van der Waals surface area contributed by atoms with Crippen LogP contribution < -0.4 is 5.73 Å². The highest BCUT2D eigenvalue weighted by atomic mass is 16.5. The van der Waals surface area contributed by atoms with Crippen LogP contribution in [0.15, 0.2) is 12.7 Å². The van der Waals surface area contributed by atoms with E-state index in [1.165, 1.54) is 12.8 Å². The summed E-state index contributed by atoms with van der Waals surface area (Å²) in [6.45, 7) is 4.58. The quantitative estimate of drug-likeness (QED) is 0.624. The van der Waals surface area contributed by atoms with Gasteiger partial charge in [0.15, 0.2) is 0 Å². The molecule has 1 aliphatic heterocycles. The van der Waals surface area contributed by atoms with Crippen LogP contribution >= 0.6 is 0 Å². The van der Waals surface area contributed by atoms with Crippen molar-refractivity contribution >= 4 is 0 Å². The molecule has 0 aliphatic carbocycles. The third-order valence-corrected chi connectivity index (χ3v) is 2.15. The highest BCUT2D eigenvalue weighted by Gasteiger charge is 2.15. The number of rotatable bonds is 4. The zero-order valence-corrected chi connectivity index (χ0v) is 6.96. The third-order valence-electron chi connectivity index (χ3n) is 2.15. The average Bonchev–Trinajstić information content (AvgIpc) is 2.52. The van der Waals surface area contributed by atoms with Crippen molar-refractivity contribution in [2.24, 2.45) is 5.73 Å². The first-order chi connectivity index (χ1) is 5.33. The Morgan fingerprint density at radius 1 is 1.73 bits per heavy atom. The first-order valence-electron chi connectivity index (χ1n) is 4.32. The van der Waals surface area contributed by atoms with Crippen LogP contribution in [0, 0.1) is 0 Å². The molecule has 1 aliphatic rings. The number of hydrogen-bond donors (Lipinski definition) is 1. The van der Waals surface area contributed by atoms with Crippen molar-refractivity contribution in [3.05, 3.63) is 12.7 Å². The Hall–Kier alpha value is -0.340. The Kier molecular flexibility index (Phi) is 3.60. The molecule has 0 aromatic heterocycles. The van der Waals surface area contributed by atoms with Gasteiger partial charge in [0, 0.05) is 12.6 Å². The van der Waals surface area contributed by atoms with Crippen molar-refractivity contribution in [2.45, 2.75) is 37.8 Å². The maximum atomic E-state index is 5.68. The van der Waals surface area contributed by atoms with Gasteiger partial charge in [-0.05, 0) is 25.7 Å². The van der Waals surface area contributed by atoms with Crippen molar-refractivity contribution in [3.63, 3.8) is 0 Å². The van der Waals surface area contributed by atoms with Gasteiger partial charge in [-0.15, -0.1) is 6.58 Å². The maximum absolute atomic E-state index is 5.68. The van der Waals surface area contributed by atoms with Crippen LogP contribution in [-0.2, 0) is 4.74 Å². The first-order valence-corrected chi connectivity index (χ1v) is 4.32. The van der Waals surface area contributed by atoms with E-state index in [1.54, 1.807) is 6.08 Å². The van der Waals surface area contributed by atoms with E-state index in [2.05, 4.69) is 6.58 Å². The summed E-state index contributed by atoms with van der Waals surface area (Å²) in [5, 5.41) is 0. The minimum Gasteiger partial charge on any atom is -0.378 e. The third kappa shape index (κ3) is 3.04. The fourth-order valence-electron chi connectivity index (χ4n) is 1.37. The summed E-state index contributed by atoms with van der Waals surface area (Å²) in [7, 11) is 0. The molecule has 1 heterocycles. The fourth-order valence-corrected chi connectivity index (χ4v) is 1.37. The van der Waals surface area contributed by atoms with Crippen molar-refractivity contribution < 1.29 is 4.74 Å². The Morgan fingerprint density at radius 2 is 2.55 bits per heavy atom. The second kappa shape index (κ2) is 4.52. The summed E-state index contributed by atoms with van der Waals surface area (Å²) in [6, 6.07) is 0.152. The molecule has 0 saturated carbocycles. The first kappa shape index (κ1) is 8.75. The SMILES string of the molecule is C=CC(N)CCC1CCCO1. The molecule has 1 rings (SSSR count). The van der Waals surface area contributed by atoms with Crippen LogP contribution in [0.5, 0.6) is 0 Å². The fraction of sp³-hybridized carbons (Fsp3) is 0.778. The Bertz CT molecular complexity index is 119. The second-order valence-corrected chi connectivity index (χ2v) is 3.11. The lowest BCUT2D eigenvalue weighted by Crippen LogP contribution is -2.19. The smallest absolute Gasteiger partial charge is 0.0576 e. The molecule has 2 unspecified atom stereocenters. The molecule has 0 amide bonds. The maximum Gasteiger partial charge on any atom is 0.0576 e. The minimum absolute atomic E-state index is 0.152. The van der Waals surface area contributed by atoms with Crippen LogP contribution in [0.4, 0.5) is 0 Å². The molecule has 0 radical (unpaired) electrons. The summed E-state index contributed by atoms with van der Waals surface area (Å²) < 4.78 is 5.46. The van der Waals surface area contributed by atoms with E-state index in [0.717, 1.165) is 19.4 Å². The largest absolute Gasteiger partial charge is 0.378 e. The van der Waals surface area contributed by atoms with Gasteiger partial charge in [0.25, 0.3) is 0 Å². The van der Waals surface area contributed by atoms with Gasteiger partial charge in [-0.2, -0.15) is 0 Å². The molecule has 1 saturated heterocycles. The molecule has 2 N–H and O–H groups in total. The molecule has 2 nitrogen and oxygen atoms in total. The lowest BCUT2D eigenvalue weighted by molar-refractivity contribution is 0.102. The monoisotopic (exact) mass is 155 g/mol. The normalized spacial score (nSPS) is 26.8. The molecule has 11 heavy (non-hydrogen) atoms. The molecule has 0 aromatic rings. The predicted molar refractivity (Wildman–Crippen MR) is 46.4 cm³/mol. The van der Waals surface area contributed by atoms with Crippen LogP contribution in [0.2, 0.25) is 0 Å². The lowest BCUT2D eigenvalue weighted by atomic mass is 10.1. The zero-order chi connectivity index (χ0) is 8.10. The van der Waals surface area contributed by atoms with E-state index in [-0.39, 0.29) is 6.04 Å². The van der Waals surface area contributed by atoms with E-state index < -0.39 is 0 Å². The van der Waals surface area contributed by atoms with Crippen molar-refractivity contribution in [3.8, 4) is 0 Å². The van der Waals surface area contributed by atoms with Crippen molar-refractivity contribution in [1.82, 2.24) is 0 Å². The molecule has 0 aromatic carbocycles. The molecule has 0 bridgehead atoms. The Labute approximate surface area is 68.4 Å². The molecule has 1 fully saturated rings. The van der Waals surface area contributed by atoms with Crippen LogP contribution in [-0.4, -0.2) is 18.8 Å². The highest BCUT2D eigenvalue weighted by molar-refractivity contribution is 4.83. The number of hydrogen-bond acceptors (Lipinski definition) is 2. The summed E-state index contributed by atoms with van der Waals surface area (Å²) in [4.78, 5) is 0. The highest BCUT2D eigenvalue weighted by Crippen LogP contribution is 2.17. The van der Waals surface area contributed by atoms with Crippen molar-refractivity contribution in [1.29, 1.82) is 0 Å². The summed E-state index contributed by atoms with van der Waals surface area (Å²) in [5.74, 6) is 0. The summed E-state index contributed by atoms with van der Waals surface area (Å²) in [6.07, 6.45) is 6.80. The predicted octanol–water partition coefficient (Wildman–Crippen LogP) is 1.46. The van der Waals surface area contributed by atoms with Crippen LogP contribution in [0.1, 0.15) is 25.7 Å². The second-order valence-electron chi connectivity index (χ2n) is 3.11. The summed E-state index contributed by atoms with van der Waals surface area (Å²) in [5.41, 5.74) is 5.68. The van der Waals surface area contributed by atoms with Gasteiger partial charge < -0.3 is 10.5 Å². The van der Waals surface area contributed by atoms with E-state index in [4.69, 9.17) is 10.5 Å². The Balaban J connectivity index is 2.06. The molecule has 2 heteroatoms. The topological polar surface area (TPSA) is 35.2 Å². The van der Waals surface area contributed by atoms with E-state index >= 15 is 0 Å². The van der Waals surface area contributed by atoms with Crippen molar-refractivity contribution in [2.75, 3.05) is 6.61 Å². The molecule has 0 spiro atoms. The van der Waals surface area contributed by atoms with Gasteiger partial charge in [0.1, 0.15) is 0 Å². The zero-order valence-electron chi connectivity index (χ0n) is 6.96. The lowest BCUT2D eigenvalue weighted by Gasteiger charge is -2.10. The van der Waals surface area contributed by atoms with E-state index in [0.29, 0.717) is 6.10 Å². The molecule has 2 atom stereocenters. The average molecular weight is 155 g/mol. The van der Waals surface area contributed by atoms with Gasteiger partial charge in [-0.25, -0.2) is 0 Å². The molecular weight excluding hydrogens is 138 g/mol. The minimum atomic E-state index is 0.152. The summed E-state index contributed by atoms with van der Waals surface area (Å²) >= 11 is 0.